The molecule has 1 aliphatic heterocycles. The quantitative estimate of drug-likeness (QED) is 0.824. The topological polar surface area (TPSA) is 78.5 Å². The summed E-state index contributed by atoms with van der Waals surface area (Å²) in [5.74, 6) is 0.983. The summed E-state index contributed by atoms with van der Waals surface area (Å²) in [7, 11) is -3.16. The molecule has 1 aliphatic carbocycles. The van der Waals surface area contributed by atoms with Gasteiger partial charge in [0.25, 0.3) is 0 Å². The van der Waals surface area contributed by atoms with Crippen molar-refractivity contribution in [2.75, 3.05) is 21.9 Å². The largest absolute Gasteiger partial charge is 0.374 e. The van der Waals surface area contributed by atoms with Gasteiger partial charge in [-0.15, -0.1) is 0 Å². The number of benzene rings is 1. The molecule has 7 heteroatoms. The van der Waals surface area contributed by atoms with Crippen LogP contribution in [0.2, 0.25) is 0 Å². The molecule has 1 heterocycles. The zero-order valence-corrected chi connectivity index (χ0v) is 16.4. The molecule has 2 aliphatic rings. The number of anilines is 2. The molecule has 1 saturated heterocycles. The van der Waals surface area contributed by atoms with Crippen LogP contribution in [-0.2, 0) is 14.8 Å². The molecule has 0 spiro atoms. The van der Waals surface area contributed by atoms with E-state index in [4.69, 9.17) is 0 Å². The summed E-state index contributed by atoms with van der Waals surface area (Å²) in [5, 5.41) is 6.34. The summed E-state index contributed by atoms with van der Waals surface area (Å²) in [6, 6.07) is 7.18. The Morgan fingerprint density at radius 2 is 1.81 bits per heavy atom. The van der Waals surface area contributed by atoms with E-state index < -0.39 is 10.0 Å². The molecular formula is C19H29N3O3S. The molecule has 6 nitrogen and oxygen atoms in total. The summed E-state index contributed by atoms with van der Waals surface area (Å²) < 4.78 is 25.4. The molecule has 0 radical (unpaired) electrons. The lowest BCUT2D eigenvalue weighted by Gasteiger charge is -2.28. The van der Waals surface area contributed by atoms with Crippen LogP contribution < -0.4 is 14.9 Å². The first kappa shape index (κ1) is 19.0. The molecule has 26 heavy (non-hydrogen) atoms. The van der Waals surface area contributed by atoms with E-state index in [1.165, 1.54) is 17.1 Å². The molecule has 2 N–H and O–H groups in total. The highest BCUT2D eigenvalue weighted by atomic mass is 32.2. The molecule has 2 fully saturated rings. The Labute approximate surface area is 156 Å². The van der Waals surface area contributed by atoms with E-state index in [1.54, 1.807) is 12.1 Å². The van der Waals surface area contributed by atoms with Gasteiger partial charge >= 0.3 is 0 Å². The average Bonchev–Trinajstić information content (AvgIpc) is 2.97. The molecule has 1 aromatic rings. The number of hydrogen-bond donors (Lipinski definition) is 2. The van der Waals surface area contributed by atoms with Crippen molar-refractivity contribution in [3.63, 3.8) is 0 Å². The van der Waals surface area contributed by atoms with Gasteiger partial charge in [0.15, 0.2) is 0 Å². The van der Waals surface area contributed by atoms with Crippen LogP contribution in [0.15, 0.2) is 24.3 Å². The first-order valence-electron chi connectivity index (χ1n) is 9.52. The highest BCUT2D eigenvalue weighted by Crippen LogP contribution is 2.26. The maximum atomic E-state index is 12.4. The van der Waals surface area contributed by atoms with Crippen LogP contribution in [0, 0.1) is 5.92 Å². The Bertz CT molecular complexity index is 725. The van der Waals surface area contributed by atoms with E-state index >= 15 is 0 Å². The summed E-state index contributed by atoms with van der Waals surface area (Å²) >= 11 is 0. The summed E-state index contributed by atoms with van der Waals surface area (Å²) in [6.07, 6.45) is 5.12. The molecule has 0 unspecified atom stereocenters. The number of hydrogen-bond acceptors (Lipinski definition) is 4. The van der Waals surface area contributed by atoms with E-state index in [1.807, 2.05) is 19.1 Å². The van der Waals surface area contributed by atoms with E-state index in [0.29, 0.717) is 18.7 Å². The van der Waals surface area contributed by atoms with Crippen molar-refractivity contribution in [2.24, 2.45) is 5.92 Å². The van der Waals surface area contributed by atoms with E-state index in [0.717, 1.165) is 24.4 Å². The molecule has 0 bridgehead atoms. The lowest BCUT2D eigenvalue weighted by Crippen LogP contribution is -2.44. The van der Waals surface area contributed by atoms with E-state index in [9.17, 15) is 13.2 Å². The second-order valence-corrected chi connectivity index (χ2v) is 9.63. The molecule has 1 aromatic carbocycles. The van der Waals surface area contributed by atoms with Crippen LogP contribution in [0.1, 0.15) is 46.0 Å². The third-order valence-electron chi connectivity index (χ3n) is 5.39. The van der Waals surface area contributed by atoms with Crippen LogP contribution in [0.3, 0.4) is 0 Å². The lowest BCUT2D eigenvalue weighted by molar-refractivity contribution is -0.122. The molecule has 1 amide bonds. The molecule has 3 rings (SSSR count). The number of nitrogens with one attached hydrogen (secondary N) is 2. The number of carbonyl (C=O) groups is 1. The number of rotatable bonds is 5. The van der Waals surface area contributed by atoms with Gasteiger partial charge < -0.3 is 10.6 Å². The van der Waals surface area contributed by atoms with Gasteiger partial charge in [0, 0.05) is 18.3 Å². The average molecular weight is 380 g/mol. The Kier molecular flexibility index (Phi) is 5.75. The fourth-order valence-corrected chi connectivity index (χ4v) is 5.26. The first-order chi connectivity index (χ1) is 12.3. The van der Waals surface area contributed by atoms with Crippen molar-refractivity contribution in [2.45, 2.75) is 58.0 Å². The van der Waals surface area contributed by atoms with Crippen LogP contribution in [-0.4, -0.2) is 38.7 Å². The Morgan fingerprint density at radius 3 is 2.38 bits per heavy atom. The maximum absolute atomic E-state index is 12.4. The molecule has 0 aromatic heterocycles. The number of amides is 1. The van der Waals surface area contributed by atoms with Gasteiger partial charge in [-0.3, -0.25) is 9.10 Å². The van der Waals surface area contributed by atoms with Crippen molar-refractivity contribution in [3.8, 4) is 0 Å². The minimum atomic E-state index is -3.16. The molecule has 1 saturated carbocycles. The zero-order chi connectivity index (χ0) is 18.7. The van der Waals surface area contributed by atoms with Crippen molar-refractivity contribution in [3.05, 3.63) is 24.3 Å². The number of sulfonamides is 1. The second kappa shape index (κ2) is 7.86. The van der Waals surface area contributed by atoms with Crippen molar-refractivity contribution >= 4 is 27.3 Å². The highest BCUT2D eigenvalue weighted by molar-refractivity contribution is 7.93. The van der Waals surface area contributed by atoms with Crippen LogP contribution in [0.4, 0.5) is 11.4 Å². The van der Waals surface area contributed by atoms with Crippen molar-refractivity contribution < 1.29 is 13.2 Å². The Morgan fingerprint density at radius 1 is 1.15 bits per heavy atom. The SMILES string of the molecule is CC1CCC(NC(=O)[C@@H](C)Nc2ccc(N3CCCS3(=O)=O)cc2)CC1. The van der Waals surface area contributed by atoms with Gasteiger partial charge in [-0.25, -0.2) is 8.42 Å². The Balaban J connectivity index is 1.54. The van der Waals surface area contributed by atoms with Crippen LogP contribution in [0.25, 0.3) is 0 Å². The minimum absolute atomic E-state index is 0.00995. The fourth-order valence-electron chi connectivity index (χ4n) is 3.70. The zero-order valence-electron chi connectivity index (χ0n) is 15.6. The van der Waals surface area contributed by atoms with Crippen LogP contribution >= 0.6 is 0 Å². The molecular weight excluding hydrogens is 350 g/mol. The maximum Gasteiger partial charge on any atom is 0.242 e. The summed E-state index contributed by atoms with van der Waals surface area (Å²) in [4.78, 5) is 12.4. The summed E-state index contributed by atoms with van der Waals surface area (Å²) in [6.45, 7) is 4.65. The van der Waals surface area contributed by atoms with Gasteiger partial charge in [-0.2, -0.15) is 0 Å². The summed E-state index contributed by atoms with van der Waals surface area (Å²) in [5.41, 5.74) is 1.49. The fraction of sp³-hybridized carbons (Fsp3) is 0.632. The van der Waals surface area contributed by atoms with E-state index in [2.05, 4.69) is 17.6 Å². The van der Waals surface area contributed by atoms with Gasteiger partial charge in [0.05, 0.1) is 11.4 Å². The first-order valence-corrected chi connectivity index (χ1v) is 11.1. The molecule has 144 valence electrons. The standard InChI is InChI=1S/C19H29N3O3S/c1-14-4-6-17(7-5-14)21-19(23)15(2)20-16-8-10-18(11-9-16)22-12-3-13-26(22,24)25/h8-11,14-15,17,20H,3-7,12-13H2,1-2H3,(H,21,23)/t14?,15-,17?/m1/s1. The second-order valence-electron chi connectivity index (χ2n) is 7.62. The predicted octanol–water partition coefficient (Wildman–Crippen LogP) is 2.72. The highest BCUT2D eigenvalue weighted by Gasteiger charge is 2.28. The smallest absolute Gasteiger partial charge is 0.242 e. The monoisotopic (exact) mass is 379 g/mol. The molecule has 1 atom stereocenters. The van der Waals surface area contributed by atoms with Crippen molar-refractivity contribution in [1.29, 1.82) is 0 Å². The number of carbonyl (C=O) groups excluding carboxylic acids is 1. The van der Waals surface area contributed by atoms with Gasteiger partial charge in [0.1, 0.15) is 6.04 Å². The lowest BCUT2D eigenvalue weighted by atomic mass is 9.87. The third-order valence-corrected chi connectivity index (χ3v) is 7.26. The normalized spacial score (nSPS) is 26.3. The number of nitrogens with zero attached hydrogens (tertiary/aromatic N) is 1. The minimum Gasteiger partial charge on any atom is -0.374 e. The predicted molar refractivity (Wildman–Crippen MR) is 105 cm³/mol. The van der Waals surface area contributed by atoms with Crippen LogP contribution in [0.5, 0.6) is 0 Å². The Hall–Kier alpha value is -1.76. The van der Waals surface area contributed by atoms with Gasteiger partial charge in [0.2, 0.25) is 15.9 Å². The van der Waals surface area contributed by atoms with Gasteiger partial charge in [-0.05, 0) is 69.2 Å². The third kappa shape index (κ3) is 4.50. The van der Waals surface area contributed by atoms with E-state index in [-0.39, 0.29) is 23.7 Å². The van der Waals surface area contributed by atoms with Gasteiger partial charge in [-0.1, -0.05) is 6.92 Å². The van der Waals surface area contributed by atoms with Crippen molar-refractivity contribution in [1.82, 2.24) is 5.32 Å².